The van der Waals surface area contributed by atoms with Crippen molar-refractivity contribution in [2.45, 2.75) is 37.8 Å². The highest BCUT2D eigenvalue weighted by atomic mass is 79.9. The van der Waals surface area contributed by atoms with E-state index < -0.39 is 11.5 Å². The third-order valence-electron chi connectivity index (χ3n) is 3.88. The van der Waals surface area contributed by atoms with Gasteiger partial charge < -0.3 is 15.3 Å². The van der Waals surface area contributed by atoms with Gasteiger partial charge in [0.05, 0.1) is 12.0 Å². The Labute approximate surface area is 132 Å². The summed E-state index contributed by atoms with van der Waals surface area (Å²) in [5.74, 6) is -0.872. The molecule has 0 bridgehead atoms. The fraction of sp³-hybridized carbons (Fsp3) is 0.467. The van der Waals surface area contributed by atoms with Crippen molar-refractivity contribution in [2.75, 3.05) is 7.05 Å². The SMILES string of the molecule is CN(Cc1ccccc1Br)C(=O)NC1(CC(=O)O)CCC1. The average Bonchev–Trinajstić information content (AvgIpc) is 2.38. The molecule has 2 amide bonds. The topological polar surface area (TPSA) is 69.6 Å². The Hall–Kier alpha value is -1.56. The van der Waals surface area contributed by atoms with Crippen LogP contribution in [0.25, 0.3) is 0 Å². The van der Waals surface area contributed by atoms with Gasteiger partial charge in [0.1, 0.15) is 0 Å². The van der Waals surface area contributed by atoms with Crippen LogP contribution < -0.4 is 5.32 Å². The van der Waals surface area contributed by atoms with Crippen LogP contribution in [0.15, 0.2) is 28.7 Å². The summed E-state index contributed by atoms with van der Waals surface area (Å²) < 4.78 is 0.952. The van der Waals surface area contributed by atoms with Gasteiger partial charge in [0.2, 0.25) is 0 Å². The average molecular weight is 355 g/mol. The fourth-order valence-corrected chi connectivity index (χ4v) is 2.93. The molecule has 1 aliphatic carbocycles. The van der Waals surface area contributed by atoms with Gasteiger partial charge in [0, 0.05) is 18.1 Å². The van der Waals surface area contributed by atoms with E-state index in [0.717, 1.165) is 29.3 Å². The number of hydrogen-bond acceptors (Lipinski definition) is 2. The van der Waals surface area contributed by atoms with E-state index in [1.54, 1.807) is 11.9 Å². The van der Waals surface area contributed by atoms with Gasteiger partial charge in [-0.3, -0.25) is 4.79 Å². The summed E-state index contributed by atoms with van der Waals surface area (Å²) >= 11 is 3.46. The van der Waals surface area contributed by atoms with Crippen LogP contribution in [0.3, 0.4) is 0 Å². The predicted molar refractivity (Wildman–Crippen MR) is 83.0 cm³/mol. The second-order valence-electron chi connectivity index (χ2n) is 5.58. The molecule has 1 aromatic carbocycles. The molecule has 0 aliphatic heterocycles. The lowest BCUT2D eigenvalue weighted by atomic mass is 9.74. The molecule has 0 heterocycles. The van der Waals surface area contributed by atoms with E-state index in [9.17, 15) is 9.59 Å². The molecular weight excluding hydrogens is 336 g/mol. The van der Waals surface area contributed by atoms with Gasteiger partial charge in [0.15, 0.2) is 0 Å². The van der Waals surface area contributed by atoms with Crippen LogP contribution in [0.5, 0.6) is 0 Å². The zero-order valence-corrected chi connectivity index (χ0v) is 13.5. The normalized spacial score (nSPS) is 15.9. The van der Waals surface area contributed by atoms with E-state index in [1.807, 2.05) is 24.3 Å². The Balaban J connectivity index is 1.96. The lowest BCUT2D eigenvalue weighted by Crippen LogP contribution is -2.57. The smallest absolute Gasteiger partial charge is 0.317 e. The van der Waals surface area contributed by atoms with Crippen LogP contribution in [-0.2, 0) is 11.3 Å². The van der Waals surface area contributed by atoms with Crippen molar-refractivity contribution in [1.82, 2.24) is 10.2 Å². The standard InChI is InChI=1S/C15H19BrN2O3/c1-18(10-11-5-2-3-6-12(11)16)14(21)17-15(7-4-8-15)9-13(19)20/h2-3,5-6H,4,7-10H2,1H3,(H,17,21)(H,19,20). The maximum absolute atomic E-state index is 12.3. The second kappa shape index (κ2) is 6.47. The molecule has 1 aromatic rings. The number of halogens is 1. The number of benzene rings is 1. The summed E-state index contributed by atoms with van der Waals surface area (Å²) in [5, 5.41) is 11.9. The molecule has 6 heteroatoms. The second-order valence-corrected chi connectivity index (χ2v) is 6.44. The van der Waals surface area contributed by atoms with Crippen molar-refractivity contribution in [3.63, 3.8) is 0 Å². The molecule has 2 N–H and O–H groups in total. The molecule has 1 saturated carbocycles. The van der Waals surface area contributed by atoms with Gasteiger partial charge in [-0.1, -0.05) is 34.1 Å². The highest BCUT2D eigenvalue weighted by Gasteiger charge is 2.40. The minimum atomic E-state index is -0.872. The van der Waals surface area contributed by atoms with Crippen LogP contribution in [0.4, 0.5) is 4.79 Å². The third-order valence-corrected chi connectivity index (χ3v) is 4.66. The highest BCUT2D eigenvalue weighted by Crippen LogP contribution is 2.35. The zero-order valence-electron chi connectivity index (χ0n) is 11.9. The summed E-state index contributed by atoms with van der Waals surface area (Å²) in [7, 11) is 1.71. The van der Waals surface area contributed by atoms with Crippen molar-refractivity contribution < 1.29 is 14.7 Å². The van der Waals surface area contributed by atoms with E-state index in [-0.39, 0.29) is 12.5 Å². The van der Waals surface area contributed by atoms with Crippen LogP contribution in [0.1, 0.15) is 31.2 Å². The number of aliphatic carboxylic acids is 1. The number of hydrogen-bond donors (Lipinski definition) is 2. The van der Waals surface area contributed by atoms with Crippen LogP contribution >= 0.6 is 15.9 Å². The minimum Gasteiger partial charge on any atom is -0.481 e. The van der Waals surface area contributed by atoms with Gasteiger partial charge >= 0.3 is 12.0 Å². The first-order chi connectivity index (χ1) is 9.92. The molecule has 0 unspecified atom stereocenters. The highest BCUT2D eigenvalue weighted by molar-refractivity contribution is 9.10. The van der Waals surface area contributed by atoms with E-state index in [0.29, 0.717) is 6.54 Å². The molecule has 1 fully saturated rings. The Morgan fingerprint density at radius 3 is 2.57 bits per heavy atom. The van der Waals surface area contributed by atoms with Crippen molar-refractivity contribution >= 4 is 27.9 Å². The number of nitrogens with one attached hydrogen (secondary N) is 1. The predicted octanol–water partition coefficient (Wildman–Crippen LogP) is 2.99. The number of carbonyl (C=O) groups is 2. The lowest BCUT2D eigenvalue weighted by Gasteiger charge is -2.42. The molecule has 0 radical (unpaired) electrons. The van der Waals surface area contributed by atoms with Crippen molar-refractivity contribution in [2.24, 2.45) is 0 Å². The first-order valence-corrected chi connectivity index (χ1v) is 7.70. The molecule has 0 aromatic heterocycles. The van der Waals surface area contributed by atoms with Gasteiger partial charge in [-0.05, 0) is 30.9 Å². The number of amides is 2. The number of urea groups is 1. The molecule has 5 nitrogen and oxygen atoms in total. The first-order valence-electron chi connectivity index (χ1n) is 6.90. The first kappa shape index (κ1) is 15.8. The minimum absolute atomic E-state index is 0.0123. The molecule has 0 spiro atoms. The quantitative estimate of drug-likeness (QED) is 0.853. The molecule has 0 saturated heterocycles. The molecule has 114 valence electrons. The molecule has 1 aliphatic rings. The summed E-state index contributed by atoms with van der Waals surface area (Å²) in [6, 6.07) is 7.49. The Morgan fingerprint density at radius 2 is 2.05 bits per heavy atom. The zero-order chi connectivity index (χ0) is 15.5. The van der Waals surface area contributed by atoms with Crippen LogP contribution in [0, 0.1) is 0 Å². The lowest BCUT2D eigenvalue weighted by molar-refractivity contribution is -0.139. The fourth-order valence-electron chi connectivity index (χ4n) is 2.52. The van der Waals surface area contributed by atoms with Crippen molar-refractivity contribution in [3.8, 4) is 0 Å². The summed E-state index contributed by atoms with van der Waals surface area (Å²) in [4.78, 5) is 24.8. The number of carboxylic acids is 1. The third kappa shape index (κ3) is 3.97. The Morgan fingerprint density at radius 1 is 1.38 bits per heavy atom. The molecule has 2 rings (SSSR count). The Bertz CT molecular complexity index is 543. The number of carboxylic acid groups (broad SMARTS) is 1. The monoisotopic (exact) mass is 354 g/mol. The van der Waals surface area contributed by atoms with Gasteiger partial charge in [-0.2, -0.15) is 0 Å². The maximum atomic E-state index is 12.3. The van der Waals surface area contributed by atoms with Crippen molar-refractivity contribution in [3.05, 3.63) is 34.3 Å². The van der Waals surface area contributed by atoms with Gasteiger partial charge in [-0.25, -0.2) is 4.79 Å². The molecular formula is C15H19BrN2O3. The van der Waals surface area contributed by atoms with Crippen LogP contribution in [-0.4, -0.2) is 34.6 Å². The van der Waals surface area contributed by atoms with Crippen LogP contribution in [0.2, 0.25) is 0 Å². The van der Waals surface area contributed by atoms with E-state index in [1.165, 1.54) is 0 Å². The largest absolute Gasteiger partial charge is 0.481 e. The van der Waals surface area contributed by atoms with Gasteiger partial charge in [-0.15, -0.1) is 0 Å². The molecule has 21 heavy (non-hydrogen) atoms. The summed E-state index contributed by atoms with van der Waals surface area (Å²) in [6.07, 6.45) is 2.41. The van der Waals surface area contributed by atoms with E-state index in [4.69, 9.17) is 5.11 Å². The van der Waals surface area contributed by atoms with E-state index in [2.05, 4.69) is 21.2 Å². The molecule has 0 atom stereocenters. The number of carbonyl (C=O) groups excluding carboxylic acids is 1. The number of rotatable bonds is 5. The maximum Gasteiger partial charge on any atom is 0.317 e. The van der Waals surface area contributed by atoms with Gasteiger partial charge in [0.25, 0.3) is 0 Å². The van der Waals surface area contributed by atoms with E-state index >= 15 is 0 Å². The summed E-state index contributed by atoms with van der Waals surface area (Å²) in [6.45, 7) is 0.469. The summed E-state index contributed by atoms with van der Waals surface area (Å²) in [5.41, 5.74) is 0.446. The number of nitrogens with zero attached hydrogens (tertiary/aromatic N) is 1. The Kier molecular flexibility index (Phi) is 4.88. The van der Waals surface area contributed by atoms with Crippen molar-refractivity contribution in [1.29, 1.82) is 0 Å².